The molecule has 2 aromatic carbocycles. The third kappa shape index (κ3) is 6.54. The fourth-order valence-electron chi connectivity index (χ4n) is 7.40. The van der Waals surface area contributed by atoms with E-state index in [0.29, 0.717) is 36.6 Å². The number of carbonyl (C=O) groups excluding carboxylic acids is 2. The summed E-state index contributed by atoms with van der Waals surface area (Å²) in [5.41, 5.74) is 9.08. The molecule has 2 aliphatic rings. The number of fused-ring (bicyclic) bond motifs is 1. The molecule has 1 amide bonds. The number of esters is 1. The lowest BCUT2D eigenvalue weighted by Gasteiger charge is -2.34. The SMILES string of the molecule is CCOC(=O)c1cnn(-c2cccc(-c3cccc4c3[C@@H](Cc3ccc(C5CCN(C(=O)[C@H](C)O)CC5)c(CC)c3)CC4)n2)c1OC. The number of rotatable bonds is 10. The molecule has 246 valence electrons. The summed E-state index contributed by atoms with van der Waals surface area (Å²) in [6.45, 7) is 7.18. The van der Waals surface area contributed by atoms with Crippen LogP contribution in [0, 0.1) is 0 Å². The van der Waals surface area contributed by atoms with Gasteiger partial charge in [-0.15, -0.1) is 0 Å². The molecule has 1 aliphatic heterocycles. The zero-order chi connectivity index (χ0) is 33.1. The topological polar surface area (TPSA) is 107 Å². The summed E-state index contributed by atoms with van der Waals surface area (Å²) < 4.78 is 12.3. The maximum absolute atomic E-state index is 12.5. The van der Waals surface area contributed by atoms with Crippen LogP contribution in [-0.2, 0) is 28.8 Å². The molecule has 1 N–H and O–H groups in total. The minimum absolute atomic E-state index is 0.170. The molecule has 1 fully saturated rings. The van der Waals surface area contributed by atoms with E-state index in [1.165, 1.54) is 41.1 Å². The number of hydrogen-bond acceptors (Lipinski definition) is 7. The third-order valence-electron chi connectivity index (χ3n) is 9.68. The molecule has 2 atom stereocenters. The molecule has 0 saturated carbocycles. The molecular weight excluding hydrogens is 592 g/mol. The number of amides is 1. The van der Waals surface area contributed by atoms with Crippen LogP contribution in [-0.4, -0.2) is 69.6 Å². The van der Waals surface area contributed by atoms with Gasteiger partial charge in [0.2, 0.25) is 5.88 Å². The Morgan fingerprint density at radius 3 is 2.55 bits per heavy atom. The van der Waals surface area contributed by atoms with E-state index in [0.717, 1.165) is 49.8 Å². The summed E-state index contributed by atoms with van der Waals surface area (Å²) in [6.07, 6.45) is 6.40. The van der Waals surface area contributed by atoms with Gasteiger partial charge in [-0.05, 0) is 104 Å². The molecule has 1 saturated heterocycles. The first-order valence-electron chi connectivity index (χ1n) is 16.8. The van der Waals surface area contributed by atoms with Gasteiger partial charge < -0.3 is 19.5 Å². The normalized spacial score (nSPS) is 17.0. The number of aryl methyl sites for hydroxylation is 2. The summed E-state index contributed by atoms with van der Waals surface area (Å²) in [5.74, 6) is 0.994. The molecular formula is C38H44N4O5. The number of benzene rings is 2. The van der Waals surface area contributed by atoms with Crippen molar-refractivity contribution in [2.75, 3.05) is 26.8 Å². The highest BCUT2D eigenvalue weighted by Gasteiger charge is 2.29. The van der Waals surface area contributed by atoms with Crippen LogP contribution in [0.15, 0.2) is 60.8 Å². The van der Waals surface area contributed by atoms with E-state index >= 15 is 0 Å². The van der Waals surface area contributed by atoms with Gasteiger partial charge in [-0.3, -0.25) is 4.79 Å². The predicted octanol–water partition coefficient (Wildman–Crippen LogP) is 6.04. The maximum Gasteiger partial charge on any atom is 0.345 e. The Kier molecular flexibility index (Phi) is 9.73. The highest BCUT2D eigenvalue weighted by atomic mass is 16.5. The average Bonchev–Trinajstić information content (AvgIpc) is 3.72. The molecule has 0 unspecified atom stereocenters. The fourth-order valence-corrected chi connectivity index (χ4v) is 7.40. The van der Waals surface area contributed by atoms with E-state index in [-0.39, 0.29) is 18.1 Å². The van der Waals surface area contributed by atoms with Crippen LogP contribution in [0.2, 0.25) is 0 Å². The minimum Gasteiger partial charge on any atom is -0.480 e. The second-order valence-corrected chi connectivity index (χ2v) is 12.6. The number of piperidine rings is 1. The van der Waals surface area contributed by atoms with Crippen molar-refractivity contribution in [2.45, 2.75) is 77.2 Å². The summed E-state index contributed by atoms with van der Waals surface area (Å²) >= 11 is 0. The fraction of sp³-hybridized carbons (Fsp3) is 0.421. The molecule has 47 heavy (non-hydrogen) atoms. The van der Waals surface area contributed by atoms with E-state index in [2.05, 4.69) is 48.4 Å². The zero-order valence-electron chi connectivity index (χ0n) is 27.7. The maximum atomic E-state index is 12.5. The first-order valence-corrected chi connectivity index (χ1v) is 16.8. The van der Waals surface area contributed by atoms with Crippen molar-refractivity contribution in [3.8, 4) is 23.0 Å². The van der Waals surface area contributed by atoms with Gasteiger partial charge in [0.15, 0.2) is 5.82 Å². The molecule has 4 aromatic rings. The van der Waals surface area contributed by atoms with Crippen LogP contribution in [0.4, 0.5) is 0 Å². The van der Waals surface area contributed by atoms with Gasteiger partial charge in [0.05, 0.1) is 25.6 Å². The Balaban J connectivity index is 1.24. The number of likely N-dealkylation sites (tertiary alicyclic amines) is 1. The van der Waals surface area contributed by atoms with Gasteiger partial charge in [-0.1, -0.05) is 49.4 Å². The van der Waals surface area contributed by atoms with Crippen molar-refractivity contribution in [3.05, 3.63) is 94.2 Å². The minimum atomic E-state index is -0.941. The first kappa shape index (κ1) is 32.4. The number of methoxy groups -OCH3 is 1. The quantitative estimate of drug-likeness (QED) is 0.212. The van der Waals surface area contributed by atoms with Crippen molar-refractivity contribution >= 4 is 11.9 Å². The van der Waals surface area contributed by atoms with Crippen LogP contribution in [0.1, 0.15) is 90.0 Å². The zero-order valence-corrected chi connectivity index (χ0v) is 27.7. The van der Waals surface area contributed by atoms with Gasteiger partial charge in [0.1, 0.15) is 11.7 Å². The van der Waals surface area contributed by atoms with Crippen LogP contribution in [0.5, 0.6) is 5.88 Å². The number of aromatic nitrogens is 3. The monoisotopic (exact) mass is 636 g/mol. The van der Waals surface area contributed by atoms with Crippen LogP contribution < -0.4 is 4.74 Å². The molecule has 3 heterocycles. The number of aliphatic hydroxyl groups is 1. The van der Waals surface area contributed by atoms with Crippen molar-refractivity contribution in [2.24, 2.45) is 0 Å². The molecule has 1 aliphatic carbocycles. The van der Waals surface area contributed by atoms with Gasteiger partial charge in [-0.2, -0.15) is 9.78 Å². The third-order valence-corrected chi connectivity index (χ3v) is 9.68. The molecule has 6 rings (SSSR count). The predicted molar refractivity (Wildman–Crippen MR) is 180 cm³/mol. The number of pyridine rings is 1. The standard InChI is InChI=1S/C38H44N4O5/c1-5-26-21-25(13-16-30(26)27-17-19-41(20-18-27)36(44)24(3)43)22-29-15-14-28-9-7-10-31(35(28)29)33-11-8-12-34(40-33)42-37(46-4)32(23-39-42)38(45)47-6-2/h7-13,16,21,23-24,27,29,43H,5-6,14-15,17-20,22H2,1-4H3/t24-,29+/m0/s1. The Hall–Kier alpha value is -4.50. The second kappa shape index (κ2) is 14.1. The van der Waals surface area contributed by atoms with Crippen molar-refractivity contribution in [3.63, 3.8) is 0 Å². The molecule has 9 heteroatoms. The molecule has 0 spiro atoms. The number of nitrogens with zero attached hydrogens (tertiary/aromatic N) is 4. The number of carbonyl (C=O) groups is 2. The lowest BCUT2D eigenvalue weighted by Crippen LogP contribution is -2.42. The Labute approximate surface area is 276 Å². The van der Waals surface area contributed by atoms with Gasteiger partial charge in [-0.25, -0.2) is 9.78 Å². The van der Waals surface area contributed by atoms with Crippen LogP contribution >= 0.6 is 0 Å². The van der Waals surface area contributed by atoms with E-state index in [1.807, 2.05) is 18.2 Å². The highest BCUT2D eigenvalue weighted by molar-refractivity contribution is 5.92. The Morgan fingerprint density at radius 2 is 1.83 bits per heavy atom. The van der Waals surface area contributed by atoms with E-state index < -0.39 is 12.1 Å². The van der Waals surface area contributed by atoms with Gasteiger partial charge >= 0.3 is 5.97 Å². The van der Waals surface area contributed by atoms with Gasteiger partial charge in [0, 0.05) is 18.7 Å². The average molecular weight is 637 g/mol. The van der Waals surface area contributed by atoms with Gasteiger partial charge in [0.25, 0.3) is 5.91 Å². The van der Waals surface area contributed by atoms with Crippen molar-refractivity contribution in [1.82, 2.24) is 19.7 Å². The summed E-state index contributed by atoms with van der Waals surface area (Å²) in [4.78, 5) is 31.5. The molecule has 9 nitrogen and oxygen atoms in total. The molecule has 0 radical (unpaired) electrons. The summed E-state index contributed by atoms with van der Waals surface area (Å²) in [5, 5.41) is 14.1. The summed E-state index contributed by atoms with van der Waals surface area (Å²) in [6, 6.07) is 19.4. The Morgan fingerprint density at radius 1 is 1.04 bits per heavy atom. The van der Waals surface area contributed by atoms with E-state index in [4.69, 9.17) is 14.5 Å². The van der Waals surface area contributed by atoms with E-state index in [1.54, 1.807) is 23.4 Å². The number of ether oxygens (including phenoxy) is 2. The van der Waals surface area contributed by atoms with Crippen molar-refractivity contribution < 1.29 is 24.2 Å². The largest absolute Gasteiger partial charge is 0.480 e. The molecule has 2 aromatic heterocycles. The smallest absolute Gasteiger partial charge is 0.345 e. The lowest BCUT2D eigenvalue weighted by molar-refractivity contribution is -0.140. The molecule has 0 bridgehead atoms. The number of aliphatic hydroxyl groups excluding tert-OH is 1. The second-order valence-electron chi connectivity index (χ2n) is 12.6. The summed E-state index contributed by atoms with van der Waals surface area (Å²) in [7, 11) is 1.51. The van der Waals surface area contributed by atoms with Crippen LogP contribution in [0.3, 0.4) is 0 Å². The first-order chi connectivity index (χ1) is 22.8. The highest BCUT2D eigenvalue weighted by Crippen LogP contribution is 2.42. The number of hydrogen-bond donors (Lipinski definition) is 1. The van der Waals surface area contributed by atoms with E-state index in [9.17, 15) is 14.7 Å². The Bertz CT molecular complexity index is 1750. The van der Waals surface area contributed by atoms with Crippen LogP contribution in [0.25, 0.3) is 17.1 Å². The lowest BCUT2D eigenvalue weighted by atomic mass is 9.83. The van der Waals surface area contributed by atoms with Crippen molar-refractivity contribution in [1.29, 1.82) is 0 Å².